The fourth-order valence-corrected chi connectivity index (χ4v) is 2.03. The van der Waals surface area contributed by atoms with Crippen molar-refractivity contribution in [3.05, 3.63) is 29.8 Å². The van der Waals surface area contributed by atoms with Gasteiger partial charge >= 0.3 is 0 Å². The molecule has 2 N–H and O–H groups in total. The molecule has 0 fully saturated rings. The normalized spacial score (nSPS) is 10.6. The van der Waals surface area contributed by atoms with Crippen LogP contribution in [0.15, 0.2) is 34.3 Å². The lowest BCUT2D eigenvalue weighted by atomic mass is 10.2. The molecule has 0 aliphatic heterocycles. The Balaban J connectivity index is 2.08. The molecule has 0 saturated heterocycles. The molecular formula is C10H13N5S. The molecule has 84 valence electrons. The Morgan fingerprint density at radius 2 is 2.06 bits per heavy atom. The zero-order valence-electron chi connectivity index (χ0n) is 9.00. The van der Waals surface area contributed by atoms with Gasteiger partial charge in [-0.05, 0) is 52.9 Å². The van der Waals surface area contributed by atoms with E-state index in [1.165, 1.54) is 5.56 Å². The monoisotopic (exact) mass is 235 g/mol. The Morgan fingerprint density at radius 3 is 2.62 bits per heavy atom. The summed E-state index contributed by atoms with van der Waals surface area (Å²) in [5.74, 6) is 0. The molecule has 1 heterocycles. The number of aromatic nitrogens is 4. The third-order valence-corrected chi connectivity index (χ3v) is 3.18. The van der Waals surface area contributed by atoms with Crippen LogP contribution in [0, 0.1) is 0 Å². The van der Waals surface area contributed by atoms with Crippen LogP contribution in [-0.4, -0.2) is 26.8 Å². The molecule has 2 aromatic rings. The maximum absolute atomic E-state index is 5.49. The van der Waals surface area contributed by atoms with Gasteiger partial charge in [0, 0.05) is 11.9 Å². The smallest absolute Gasteiger partial charge is 0.213 e. The average Bonchev–Trinajstić information content (AvgIpc) is 2.68. The molecule has 1 aromatic carbocycles. The van der Waals surface area contributed by atoms with E-state index in [2.05, 4.69) is 39.8 Å². The second-order valence-electron chi connectivity index (χ2n) is 3.37. The first-order chi connectivity index (χ1) is 7.79. The second-order valence-corrected chi connectivity index (χ2v) is 4.41. The molecule has 16 heavy (non-hydrogen) atoms. The van der Waals surface area contributed by atoms with Crippen LogP contribution in [-0.2, 0) is 13.5 Å². The lowest BCUT2D eigenvalue weighted by molar-refractivity contribution is 0.664. The summed E-state index contributed by atoms with van der Waals surface area (Å²) in [7, 11) is 1.82. The van der Waals surface area contributed by atoms with E-state index in [0.717, 1.165) is 16.5 Å². The molecular weight excluding hydrogens is 222 g/mol. The molecule has 0 amide bonds. The van der Waals surface area contributed by atoms with Gasteiger partial charge in [0.1, 0.15) is 0 Å². The highest BCUT2D eigenvalue weighted by Gasteiger charge is 2.04. The number of hydrogen-bond acceptors (Lipinski definition) is 5. The molecule has 1 aromatic heterocycles. The minimum absolute atomic E-state index is 0.680. The van der Waals surface area contributed by atoms with Gasteiger partial charge in [-0.25, -0.2) is 4.68 Å². The zero-order chi connectivity index (χ0) is 11.4. The van der Waals surface area contributed by atoms with Crippen molar-refractivity contribution in [1.29, 1.82) is 0 Å². The highest BCUT2D eigenvalue weighted by molar-refractivity contribution is 7.99. The van der Waals surface area contributed by atoms with Crippen LogP contribution < -0.4 is 5.73 Å². The Morgan fingerprint density at radius 1 is 1.31 bits per heavy atom. The Hall–Kier alpha value is -1.40. The van der Waals surface area contributed by atoms with E-state index < -0.39 is 0 Å². The minimum Gasteiger partial charge on any atom is -0.330 e. The first-order valence-electron chi connectivity index (χ1n) is 4.99. The summed E-state index contributed by atoms with van der Waals surface area (Å²) in [5, 5.41) is 12.1. The summed E-state index contributed by atoms with van der Waals surface area (Å²) in [6.07, 6.45) is 0.913. The van der Waals surface area contributed by atoms with E-state index in [1.54, 1.807) is 16.4 Å². The van der Waals surface area contributed by atoms with E-state index in [-0.39, 0.29) is 0 Å². The summed E-state index contributed by atoms with van der Waals surface area (Å²) < 4.78 is 1.65. The van der Waals surface area contributed by atoms with E-state index >= 15 is 0 Å². The van der Waals surface area contributed by atoms with E-state index in [1.807, 2.05) is 7.05 Å². The number of rotatable bonds is 4. The zero-order valence-corrected chi connectivity index (χ0v) is 9.81. The van der Waals surface area contributed by atoms with Crippen molar-refractivity contribution in [3.63, 3.8) is 0 Å². The van der Waals surface area contributed by atoms with Crippen molar-refractivity contribution < 1.29 is 0 Å². The summed E-state index contributed by atoms with van der Waals surface area (Å²) in [6.45, 7) is 0.680. The van der Waals surface area contributed by atoms with E-state index in [0.29, 0.717) is 6.54 Å². The predicted molar refractivity (Wildman–Crippen MR) is 62.1 cm³/mol. The van der Waals surface area contributed by atoms with Crippen LogP contribution in [0.2, 0.25) is 0 Å². The standard InChI is InChI=1S/C10H13N5S/c1-15-10(12-13-14-15)16-9-4-2-8(3-5-9)6-7-11/h2-5H,6-7,11H2,1H3. The van der Waals surface area contributed by atoms with E-state index in [9.17, 15) is 0 Å². The Labute approximate surface area is 98.0 Å². The molecule has 0 radical (unpaired) electrons. The topological polar surface area (TPSA) is 69.6 Å². The van der Waals surface area contributed by atoms with Gasteiger partial charge in [-0.1, -0.05) is 12.1 Å². The number of nitrogens with zero attached hydrogens (tertiary/aromatic N) is 4. The molecule has 0 aliphatic rings. The number of benzene rings is 1. The highest BCUT2D eigenvalue weighted by atomic mass is 32.2. The summed E-state index contributed by atoms with van der Waals surface area (Å²) in [5.41, 5.74) is 6.75. The molecule has 0 atom stereocenters. The van der Waals surface area contributed by atoms with Crippen molar-refractivity contribution in [2.45, 2.75) is 16.5 Å². The first-order valence-corrected chi connectivity index (χ1v) is 5.80. The maximum atomic E-state index is 5.49. The summed E-state index contributed by atoms with van der Waals surface area (Å²) >= 11 is 1.54. The van der Waals surface area contributed by atoms with Crippen molar-refractivity contribution in [1.82, 2.24) is 20.2 Å². The van der Waals surface area contributed by atoms with Gasteiger partial charge in [-0.2, -0.15) is 0 Å². The van der Waals surface area contributed by atoms with Crippen LogP contribution in [0.25, 0.3) is 0 Å². The second kappa shape index (κ2) is 5.09. The van der Waals surface area contributed by atoms with Gasteiger partial charge in [-0.15, -0.1) is 5.10 Å². The predicted octanol–water partition coefficient (Wildman–Crippen LogP) is 0.862. The van der Waals surface area contributed by atoms with Gasteiger partial charge < -0.3 is 5.73 Å². The van der Waals surface area contributed by atoms with Crippen LogP contribution in [0.1, 0.15) is 5.56 Å². The third-order valence-electron chi connectivity index (χ3n) is 2.15. The molecule has 6 heteroatoms. The molecule has 0 aliphatic carbocycles. The molecule has 2 rings (SSSR count). The first kappa shape index (κ1) is 11.1. The van der Waals surface area contributed by atoms with Crippen LogP contribution in [0.3, 0.4) is 0 Å². The molecule has 5 nitrogen and oxygen atoms in total. The van der Waals surface area contributed by atoms with Crippen molar-refractivity contribution in [3.8, 4) is 0 Å². The number of nitrogens with two attached hydrogens (primary N) is 1. The molecule has 0 saturated carbocycles. The summed E-state index contributed by atoms with van der Waals surface area (Å²) in [4.78, 5) is 1.12. The fourth-order valence-electron chi connectivity index (χ4n) is 1.30. The number of aryl methyl sites for hydroxylation is 1. The lowest BCUT2D eigenvalue weighted by Gasteiger charge is -2.01. The minimum atomic E-state index is 0.680. The van der Waals surface area contributed by atoms with Gasteiger partial charge in [0.05, 0.1) is 0 Å². The van der Waals surface area contributed by atoms with Crippen LogP contribution in [0.4, 0.5) is 0 Å². The largest absolute Gasteiger partial charge is 0.330 e. The van der Waals surface area contributed by atoms with Crippen LogP contribution >= 0.6 is 11.8 Å². The average molecular weight is 235 g/mol. The van der Waals surface area contributed by atoms with Crippen molar-refractivity contribution >= 4 is 11.8 Å². The van der Waals surface area contributed by atoms with Crippen LogP contribution in [0.5, 0.6) is 0 Å². The molecule has 0 unspecified atom stereocenters. The van der Waals surface area contributed by atoms with Gasteiger partial charge in [0.15, 0.2) is 0 Å². The maximum Gasteiger partial charge on any atom is 0.213 e. The van der Waals surface area contributed by atoms with E-state index in [4.69, 9.17) is 5.73 Å². The quantitative estimate of drug-likeness (QED) is 0.851. The van der Waals surface area contributed by atoms with Crippen molar-refractivity contribution in [2.24, 2.45) is 12.8 Å². The number of tetrazole rings is 1. The van der Waals surface area contributed by atoms with Crippen molar-refractivity contribution in [2.75, 3.05) is 6.54 Å². The Bertz CT molecular complexity index is 450. The van der Waals surface area contributed by atoms with Gasteiger partial charge in [0.25, 0.3) is 0 Å². The number of hydrogen-bond donors (Lipinski definition) is 1. The SMILES string of the molecule is Cn1nnnc1Sc1ccc(CCN)cc1. The molecule has 0 bridgehead atoms. The summed E-state index contributed by atoms with van der Waals surface area (Å²) in [6, 6.07) is 8.28. The Kier molecular flexibility index (Phi) is 3.53. The fraction of sp³-hybridized carbons (Fsp3) is 0.300. The van der Waals surface area contributed by atoms with Gasteiger partial charge in [-0.3, -0.25) is 0 Å². The van der Waals surface area contributed by atoms with Gasteiger partial charge in [0.2, 0.25) is 5.16 Å². The lowest BCUT2D eigenvalue weighted by Crippen LogP contribution is -2.02. The third kappa shape index (κ3) is 2.59. The molecule has 0 spiro atoms. The highest BCUT2D eigenvalue weighted by Crippen LogP contribution is 2.24.